The molecule has 0 aliphatic carbocycles. The Kier molecular flexibility index (Phi) is 3.83. The zero-order valence-corrected chi connectivity index (χ0v) is 10.7. The lowest BCUT2D eigenvalue weighted by atomic mass is 9.98. The first-order chi connectivity index (χ1) is 9.51. The molecule has 0 fully saturated rings. The van der Waals surface area contributed by atoms with Crippen LogP contribution in [0.15, 0.2) is 24.4 Å². The molecular formula is C12H13N3O5. The van der Waals surface area contributed by atoms with E-state index in [-0.39, 0.29) is 0 Å². The standard InChI is InChI=1S/C12H13N3O5/c1-20-9-2-3-12-10(4-9)11(5-13-12)8(6-14(16)17)7-15(18)19/h2-5,8,13H,6-7H2,1H3. The number of H-pyrrole nitrogens is 1. The summed E-state index contributed by atoms with van der Waals surface area (Å²) in [5.41, 5.74) is 1.32. The highest BCUT2D eigenvalue weighted by atomic mass is 16.6. The van der Waals surface area contributed by atoms with Gasteiger partial charge in [-0.2, -0.15) is 0 Å². The van der Waals surface area contributed by atoms with E-state index in [1.165, 1.54) is 7.11 Å². The van der Waals surface area contributed by atoms with Gasteiger partial charge in [0.15, 0.2) is 0 Å². The van der Waals surface area contributed by atoms with Crippen molar-refractivity contribution in [2.75, 3.05) is 20.2 Å². The van der Waals surface area contributed by atoms with Crippen LogP contribution in [-0.4, -0.2) is 35.0 Å². The molecule has 106 valence electrons. The molecule has 0 unspecified atom stereocenters. The second-order valence-corrected chi connectivity index (χ2v) is 4.38. The van der Waals surface area contributed by atoms with E-state index in [1.54, 1.807) is 24.4 Å². The number of aromatic nitrogens is 1. The van der Waals surface area contributed by atoms with Crippen molar-refractivity contribution in [1.29, 1.82) is 0 Å². The fourth-order valence-corrected chi connectivity index (χ4v) is 2.20. The van der Waals surface area contributed by atoms with Crippen LogP contribution in [0.3, 0.4) is 0 Å². The maximum Gasteiger partial charge on any atom is 0.217 e. The third-order valence-corrected chi connectivity index (χ3v) is 3.10. The number of hydrogen-bond donors (Lipinski definition) is 1. The molecule has 1 aromatic heterocycles. The molecule has 0 aliphatic rings. The highest BCUT2D eigenvalue weighted by Gasteiger charge is 2.26. The summed E-state index contributed by atoms with van der Waals surface area (Å²) in [6.07, 6.45) is 1.59. The number of benzene rings is 1. The van der Waals surface area contributed by atoms with Gasteiger partial charge in [-0.15, -0.1) is 0 Å². The van der Waals surface area contributed by atoms with E-state index in [0.29, 0.717) is 16.7 Å². The minimum absolute atomic E-state index is 0.481. The number of rotatable bonds is 6. The Labute approximate surface area is 113 Å². The summed E-state index contributed by atoms with van der Waals surface area (Å²) in [5.74, 6) is -0.180. The normalized spacial score (nSPS) is 10.9. The summed E-state index contributed by atoms with van der Waals surface area (Å²) >= 11 is 0. The molecule has 2 aromatic rings. The van der Waals surface area contributed by atoms with Crippen LogP contribution in [0.1, 0.15) is 11.5 Å². The van der Waals surface area contributed by atoms with E-state index in [0.717, 1.165) is 5.52 Å². The molecule has 1 N–H and O–H groups in total. The molecule has 8 heteroatoms. The van der Waals surface area contributed by atoms with Crippen LogP contribution >= 0.6 is 0 Å². The number of fused-ring (bicyclic) bond motifs is 1. The Hall–Kier alpha value is -2.64. The molecule has 0 spiro atoms. The Bertz CT molecular complexity index is 636. The quantitative estimate of drug-likeness (QED) is 0.640. The summed E-state index contributed by atoms with van der Waals surface area (Å²) in [6.45, 7) is -0.962. The average Bonchev–Trinajstić information content (AvgIpc) is 2.79. The van der Waals surface area contributed by atoms with E-state index in [9.17, 15) is 20.2 Å². The van der Waals surface area contributed by atoms with Gasteiger partial charge in [-0.05, 0) is 23.8 Å². The summed E-state index contributed by atoms with van der Waals surface area (Å²) < 4.78 is 5.11. The van der Waals surface area contributed by atoms with Gasteiger partial charge in [0.05, 0.1) is 7.11 Å². The van der Waals surface area contributed by atoms with Gasteiger partial charge in [-0.1, -0.05) is 0 Å². The molecule has 20 heavy (non-hydrogen) atoms. The summed E-state index contributed by atoms with van der Waals surface area (Å²) in [4.78, 5) is 23.3. The largest absolute Gasteiger partial charge is 0.497 e. The molecule has 0 aliphatic heterocycles. The Morgan fingerprint density at radius 3 is 2.45 bits per heavy atom. The maximum absolute atomic E-state index is 10.7. The average molecular weight is 279 g/mol. The Morgan fingerprint density at radius 2 is 1.90 bits per heavy atom. The lowest BCUT2D eigenvalue weighted by Gasteiger charge is -2.08. The van der Waals surface area contributed by atoms with Crippen molar-refractivity contribution in [3.05, 3.63) is 50.2 Å². The van der Waals surface area contributed by atoms with Crippen molar-refractivity contribution < 1.29 is 14.6 Å². The number of methoxy groups -OCH3 is 1. The third-order valence-electron chi connectivity index (χ3n) is 3.10. The van der Waals surface area contributed by atoms with Gasteiger partial charge in [-0.3, -0.25) is 20.2 Å². The van der Waals surface area contributed by atoms with Crippen molar-refractivity contribution in [3.8, 4) is 5.75 Å². The van der Waals surface area contributed by atoms with Crippen LogP contribution in [0, 0.1) is 20.2 Å². The van der Waals surface area contributed by atoms with Crippen molar-refractivity contribution in [2.24, 2.45) is 0 Å². The monoisotopic (exact) mass is 279 g/mol. The van der Waals surface area contributed by atoms with E-state index >= 15 is 0 Å². The van der Waals surface area contributed by atoms with Gasteiger partial charge in [-0.25, -0.2) is 0 Å². The van der Waals surface area contributed by atoms with Gasteiger partial charge in [0.2, 0.25) is 13.1 Å². The minimum atomic E-state index is -0.777. The van der Waals surface area contributed by atoms with Crippen LogP contribution < -0.4 is 4.74 Å². The number of nitrogens with one attached hydrogen (secondary N) is 1. The summed E-state index contributed by atoms with van der Waals surface area (Å²) in [7, 11) is 1.51. The van der Waals surface area contributed by atoms with E-state index < -0.39 is 28.9 Å². The molecule has 2 rings (SSSR count). The lowest BCUT2D eigenvalue weighted by Crippen LogP contribution is -2.20. The number of nitro groups is 2. The molecule has 8 nitrogen and oxygen atoms in total. The first kappa shape index (κ1) is 13.8. The molecular weight excluding hydrogens is 266 g/mol. The predicted molar refractivity (Wildman–Crippen MR) is 71.3 cm³/mol. The molecule has 0 saturated carbocycles. The SMILES string of the molecule is COc1ccc2[nH]cc(C(C[N+](=O)[O-])C[N+](=O)[O-])c2c1. The zero-order valence-electron chi connectivity index (χ0n) is 10.7. The van der Waals surface area contributed by atoms with Crippen LogP contribution in [0.2, 0.25) is 0 Å². The molecule has 0 saturated heterocycles. The van der Waals surface area contributed by atoms with Gasteiger partial charge < -0.3 is 9.72 Å². The molecule has 0 bridgehead atoms. The van der Waals surface area contributed by atoms with Gasteiger partial charge in [0.1, 0.15) is 11.7 Å². The zero-order chi connectivity index (χ0) is 14.7. The van der Waals surface area contributed by atoms with Crippen LogP contribution in [-0.2, 0) is 0 Å². The first-order valence-electron chi connectivity index (χ1n) is 5.90. The second kappa shape index (κ2) is 5.55. The van der Waals surface area contributed by atoms with Crippen molar-refractivity contribution >= 4 is 10.9 Å². The van der Waals surface area contributed by atoms with Crippen LogP contribution in [0.5, 0.6) is 5.75 Å². The third kappa shape index (κ3) is 2.85. The number of ether oxygens (including phenoxy) is 1. The molecule has 0 atom stereocenters. The highest BCUT2D eigenvalue weighted by molar-refractivity contribution is 5.85. The number of hydrogen-bond acceptors (Lipinski definition) is 5. The predicted octanol–water partition coefficient (Wildman–Crippen LogP) is 1.81. The second-order valence-electron chi connectivity index (χ2n) is 4.38. The van der Waals surface area contributed by atoms with Crippen molar-refractivity contribution in [2.45, 2.75) is 5.92 Å². The van der Waals surface area contributed by atoms with Gasteiger partial charge in [0, 0.05) is 26.9 Å². The first-order valence-corrected chi connectivity index (χ1v) is 5.90. The fourth-order valence-electron chi connectivity index (χ4n) is 2.20. The molecule has 0 radical (unpaired) electrons. The maximum atomic E-state index is 10.7. The van der Waals surface area contributed by atoms with E-state index in [1.807, 2.05) is 0 Å². The van der Waals surface area contributed by atoms with Crippen molar-refractivity contribution in [1.82, 2.24) is 4.98 Å². The van der Waals surface area contributed by atoms with E-state index in [2.05, 4.69) is 4.98 Å². The van der Waals surface area contributed by atoms with Gasteiger partial charge in [0.25, 0.3) is 0 Å². The molecule has 0 amide bonds. The smallest absolute Gasteiger partial charge is 0.217 e. The lowest BCUT2D eigenvalue weighted by molar-refractivity contribution is -0.516. The Balaban J connectivity index is 2.45. The Morgan fingerprint density at radius 1 is 1.25 bits per heavy atom. The molecule has 1 heterocycles. The van der Waals surface area contributed by atoms with Crippen LogP contribution in [0.4, 0.5) is 0 Å². The van der Waals surface area contributed by atoms with Gasteiger partial charge >= 0.3 is 0 Å². The number of aromatic amines is 1. The summed E-state index contributed by atoms with van der Waals surface area (Å²) in [5, 5.41) is 22.1. The summed E-state index contributed by atoms with van der Waals surface area (Å²) in [6, 6.07) is 5.24. The minimum Gasteiger partial charge on any atom is -0.497 e. The fraction of sp³-hybridized carbons (Fsp3) is 0.333. The van der Waals surface area contributed by atoms with E-state index in [4.69, 9.17) is 4.74 Å². The highest BCUT2D eigenvalue weighted by Crippen LogP contribution is 2.29. The molecule has 1 aromatic carbocycles. The van der Waals surface area contributed by atoms with Crippen molar-refractivity contribution in [3.63, 3.8) is 0 Å². The number of nitrogens with zero attached hydrogens (tertiary/aromatic N) is 2. The van der Waals surface area contributed by atoms with Crippen LogP contribution in [0.25, 0.3) is 10.9 Å². The topological polar surface area (TPSA) is 111 Å².